The van der Waals surface area contributed by atoms with Crippen LogP contribution in [0.5, 0.6) is 0 Å². The summed E-state index contributed by atoms with van der Waals surface area (Å²) < 4.78 is 8.46. The van der Waals surface area contributed by atoms with Crippen molar-refractivity contribution in [3.8, 4) is 0 Å². The first-order chi connectivity index (χ1) is 11.2. The molecule has 0 fully saturated rings. The lowest BCUT2D eigenvalue weighted by Gasteiger charge is -2.67. The van der Waals surface area contributed by atoms with Crippen molar-refractivity contribution in [1.29, 1.82) is 0 Å². The van der Waals surface area contributed by atoms with E-state index < -0.39 is 59.3 Å². The highest BCUT2D eigenvalue weighted by molar-refractivity contribution is 7.94. The Kier molecular flexibility index (Phi) is 8.16. The Labute approximate surface area is 180 Å². The summed E-state index contributed by atoms with van der Waals surface area (Å²) in [6.45, 7) is 45.1. The molecule has 0 unspecified atom stereocenters. The van der Waals surface area contributed by atoms with E-state index in [0.717, 1.165) is 0 Å². The van der Waals surface area contributed by atoms with Crippen LogP contribution in [0, 0.1) is 0 Å². The quantitative estimate of drug-likeness (QED) is 0.309. The lowest BCUT2D eigenvalue weighted by Crippen LogP contribution is -2.94. The predicted molar refractivity (Wildman–Crippen MR) is 153 cm³/mol. The zero-order valence-electron chi connectivity index (χ0n) is 22.4. The molecule has 0 radical (unpaired) electrons. The molecular weight excluding hydrogens is 457 g/mol. The van der Waals surface area contributed by atoms with Gasteiger partial charge in [-0.3, -0.25) is 0 Å². The average Bonchev–Trinajstić information content (AvgIpc) is 2.16. The molecule has 0 bridgehead atoms. The van der Waals surface area contributed by atoms with E-state index in [2.05, 4.69) is 118 Å². The number of hydrogen-bond donors (Lipinski definition) is 0. The number of rotatable bonds is 8. The maximum atomic E-state index is 8.46. The largest absolute Gasteiger partial charge is 0.468 e. The summed E-state index contributed by atoms with van der Waals surface area (Å²) in [5, 5.41) is 0. The van der Waals surface area contributed by atoms with Crippen molar-refractivity contribution in [2.24, 2.45) is 0 Å². The van der Waals surface area contributed by atoms with Crippen molar-refractivity contribution in [2.45, 2.75) is 118 Å². The van der Waals surface area contributed by atoms with E-state index in [1.54, 1.807) is 0 Å². The van der Waals surface area contributed by atoms with Crippen LogP contribution in [0.15, 0.2) is 0 Å². The van der Waals surface area contributed by atoms with Crippen LogP contribution in [0.3, 0.4) is 0 Å². The fraction of sp³-hybridized carbons (Fsp3) is 1.00. The predicted octanol–water partition coefficient (Wildman–Crippen LogP) is 7.39. The van der Waals surface area contributed by atoms with E-state index in [-0.39, 0.29) is 0 Å². The molecule has 0 spiro atoms. The summed E-state index contributed by atoms with van der Waals surface area (Å²) in [5.41, 5.74) is 0. The van der Waals surface area contributed by atoms with Gasteiger partial charge in [-0.2, -0.15) is 0 Å². The van der Waals surface area contributed by atoms with E-state index in [9.17, 15) is 0 Å². The van der Waals surface area contributed by atoms with Gasteiger partial charge < -0.3 is 4.12 Å². The monoisotopic (exact) mass is 510 g/mol. The molecular formula is C18H54OSi8. The van der Waals surface area contributed by atoms with Crippen LogP contribution in [0.4, 0.5) is 0 Å². The van der Waals surface area contributed by atoms with Gasteiger partial charge in [0.05, 0.1) is 45.5 Å². The van der Waals surface area contributed by atoms with E-state index in [4.69, 9.17) is 4.12 Å². The minimum Gasteiger partial charge on any atom is -0.468 e. The first-order valence-corrected chi connectivity index (χ1v) is 41.7. The van der Waals surface area contributed by atoms with Gasteiger partial charge >= 0.3 is 0 Å². The SMILES string of the molecule is C[Si](C)(C)[Si](O[Si]([Si](C)(C)C)([Si](C)(C)C)[Si](C)(C)C)([Si](C)(C)C)[Si](C)(C)C. The molecule has 0 saturated carbocycles. The van der Waals surface area contributed by atoms with Crippen LogP contribution < -0.4 is 0 Å². The van der Waals surface area contributed by atoms with Gasteiger partial charge in [-0.15, -0.1) is 0 Å². The summed E-state index contributed by atoms with van der Waals surface area (Å²) >= 11 is 0. The van der Waals surface area contributed by atoms with E-state index in [1.807, 2.05) is 0 Å². The van der Waals surface area contributed by atoms with Crippen molar-refractivity contribution in [2.75, 3.05) is 0 Å². The molecule has 9 heteroatoms. The second-order valence-corrected chi connectivity index (χ2v) is 94.2. The van der Waals surface area contributed by atoms with Crippen LogP contribution >= 0.6 is 0 Å². The minimum absolute atomic E-state index is 1.41. The fourth-order valence-corrected chi connectivity index (χ4v) is 226. The van der Waals surface area contributed by atoms with Gasteiger partial charge in [0.1, 0.15) is 13.7 Å². The highest BCUT2D eigenvalue weighted by Gasteiger charge is 2.72. The molecule has 27 heavy (non-hydrogen) atoms. The lowest BCUT2D eigenvalue weighted by molar-refractivity contribution is 0.622. The molecule has 0 aromatic carbocycles. The maximum absolute atomic E-state index is 8.46. The molecule has 0 saturated heterocycles. The normalized spacial score (nSPS) is 16.7. The Hall–Kier alpha value is 1.70. The van der Waals surface area contributed by atoms with Crippen molar-refractivity contribution in [1.82, 2.24) is 0 Å². The van der Waals surface area contributed by atoms with Gasteiger partial charge in [-0.1, -0.05) is 118 Å². The van der Waals surface area contributed by atoms with Crippen LogP contribution in [0.25, 0.3) is 0 Å². The van der Waals surface area contributed by atoms with Crippen LogP contribution in [-0.4, -0.2) is 59.3 Å². The molecule has 0 N–H and O–H groups in total. The van der Waals surface area contributed by atoms with Gasteiger partial charge in [0.25, 0.3) is 0 Å². The molecule has 0 rings (SSSR count). The summed E-state index contributed by atoms with van der Waals surface area (Å²) in [5.74, 6) is 0. The van der Waals surface area contributed by atoms with Gasteiger partial charge in [0.15, 0.2) is 0 Å². The molecule has 1 nitrogen and oxygen atoms in total. The molecule has 0 aromatic rings. The van der Waals surface area contributed by atoms with E-state index in [1.165, 1.54) is 0 Å². The third kappa shape index (κ3) is 4.80. The number of hydrogen-bond acceptors (Lipinski definition) is 1. The zero-order valence-corrected chi connectivity index (χ0v) is 30.4. The van der Waals surface area contributed by atoms with Gasteiger partial charge in [-0.25, -0.2) is 0 Å². The molecule has 0 aliphatic heterocycles. The molecule has 0 aliphatic carbocycles. The van der Waals surface area contributed by atoms with Crippen LogP contribution in [-0.2, 0) is 4.12 Å². The summed E-state index contributed by atoms with van der Waals surface area (Å²) in [4.78, 5) is 0. The second-order valence-electron chi connectivity index (χ2n) is 15.0. The Morgan fingerprint density at radius 3 is 0.444 bits per heavy atom. The van der Waals surface area contributed by atoms with Crippen LogP contribution in [0.2, 0.25) is 118 Å². The highest BCUT2D eigenvalue weighted by atomic mass is 30.0. The van der Waals surface area contributed by atoms with Crippen LogP contribution in [0.1, 0.15) is 0 Å². The Balaban J connectivity index is 7.45. The third-order valence-electron chi connectivity index (χ3n) is 6.64. The Bertz CT molecular complexity index is 398. The third-order valence-corrected chi connectivity index (χ3v) is 146. The maximum Gasteiger partial charge on any atom is 0.142 e. The van der Waals surface area contributed by atoms with E-state index >= 15 is 0 Å². The summed E-state index contributed by atoms with van der Waals surface area (Å²) in [7, 11) is -8.47. The van der Waals surface area contributed by atoms with Crippen molar-refractivity contribution in [3.05, 3.63) is 0 Å². The standard InChI is InChI=1S/C18H54OSi8/c1-20(2,3)26(21(4,5)6,22(7,8)9)19-27(23(10,11)12,24(13,14)15)25(16,17)18/h1-18H3. The van der Waals surface area contributed by atoms with Crippen molar-refractivity contribution in [3.63, 3.8) is 0 Å². The minimum atomic E-state index is -1.78. The Morgan fingerprint density at radius 1 is 0.259 bits per heavy atom. The summed E-state index contributed by atoms with van der Waals surface area (Å²) in [6, 6.07) is 0. The smallest absolute Gasteiger partial charge is 0.142 e. The molecule has 0 aromatic heterocycles. The van der Waals surface area contributed by atoms with Gasteiger partial charge in [0.2, 0.25) is 0 Å². The molecule has 164 valence electrons. The zero-order chi connectivity index (χ0) is 22.7. The average molecular weight is 511 g/mol. The molecule has 0 heterocycles. The van der Waals surface area contributed by atoms with Gasteiger partial charge in [0, 0.05) is 0 Å². The Morgan fingerprint density at radius 2 is 0.370 bits per heavy atom. The molecule has 0 amide bonds. The molecule has 0 aliphatic rings. The van der Waals surface area contributed by atoms with E-state index in [0.29, 0.717) is 0 Å². The second kappa shape index (κ2) is 7.68. The topological polar surface area (TPSA) is 9.23 Å². The van der Waals surface area contributed by atoms with Crippen molar-refractivity contribution >= 4 is 59.3 Å². The molecule has 0 atom stereocenters. The first kappa shape index (κ1) is 28.7. The fourth-order valence-electron chi connectivity index (χ4n) is 7.90. The highest BCUT2D eigenvalue weighted by Crippen LogP contribution is 2.46. The van der Waals surface area contributed by atoms with Crippen molar-refractivity contribution < 1.29 is 4.12 Å². The first-order valence-electron chi connectivity index (χ1n) is 10.9. The lowest BCUT2D eigenvalue weighted by atomic mass is 11.8. The van der Waals surface area contributed by atoms with Gasteiger partial charge in [-0.05, 0) is 0 Å². The summed E-state index contributed by atoms with van der Waals surface area (Å²) in [6.07, 6.45) is 0.